The number of guanidine groups is 1. The number of phenolic OH excluding ortho intramolecular Hbond substituents is 1. The predicted molar refractivity (Wildman–Crippen MR) is 201 cm³/mol. The summed E-state index contributed by atoms with van der Waals surface area (Å²) >= 11 is 0. The second-order valence-electron chi connectivity index (χ2n) is 13.7. The SMILES string of the molecule is C[C@@H]1NC(=O)[C@H]2CCCN2C(=O)[C@H](Cc2ccc(O)cc2)NC(=O)[C@H](CCCN=C(N)N)NC(=O)[C@H](Cc2c[nH]c3ccccc23)NC(=O)[C@H](CO)NC1=O. The van der Waals surface area contributed by atoms with Crippen molar-refractivity contribution >= 4 is 52.3 Å². The van der Waals surface area contributed by atoms with Crippen LogP contribution in [-0.4, -0.2) is 117 Å². The number of nitrogens with zero attached hydrogens (tertiary/aromatic N) is 2. The first kappa shape index (κ1) is 40.0. The predicted octanol–water partition coefficient (Wildman–Crippen LogP) is -1.85. The van der Waals surface area contributed by atoms with E-state index < -0.39 is 78.3 Å². The second kappa shape index (κ2) is 18.2. The number of fused-ring (bicyclic) bond motifs is 2. The Morgan fingerprint density at radius 2 is 1.45 bits per heavy atom. The summed E-state index contributed by atoms with van der Waals surface area (Å²) in [7, 11) is 0. The summed E-state index contributed by atoms with van der Waals surface area (Å²) in [5.41, 5.74) is 13.0. The van der Waals surface area contributed by atoms with Crippen molar-refractivity contribution in [3.63, 3.8) is 0 Å². The number of carbonyl (C=O) groups excluding carboxylic acids is 6. The van der Waals surface area contributed by atoms with Crippen LogP contribution in [0.3, 0.4) is 0 Å². The molecule has 0 saturated carbocycles. The van der Waals surface area contributed by atoms with Crippen LogP contribution in [0, 0.1) is 0 Å². The lowest BCUT2D eigenvalue weighted by atomic mass is 10.0. The maximum Gasteiger partial charge on any atom is 0.246 e. The molecule has 0 radical (unpaired) electrons. The Kier molecular flexibility index (Phi) is 13.3. The van der Waals surface area contributed by atoms with Crippen molar-refractivity contribution in [2.45, 2.75) is 81.7 Å². The number of aliphatic hydroxyl groups excluding tert-OH is 1. The van der Waals surface area contributed by atoms with Crippen molar-refractivity contribution in [2.24, 2.45) is 16.5 Å². The van der Waals surface area contributed by atoms with Gasteiger partial charge in [-0.3, -0.25) is 33.8 Å². The van der Waals surface area contributed by atoms with Crippen LogP contribution in [0.1, 0.15) is 43.7 Å². The number of H-pyrrole nitrogens is 1. The minimum atomic E-state index is -1.51. The third kappa shape index (κ3) is 10.3. The van der Waals surface area contributed by atoms with Crippen molar-refractivity contribution < 1.29 is 39.0 Å². The average molecular weight is 761 g/mol. The first-order chi connectivity index (χ1) is 26.3. The van der Waals surface area contributed by atoms with E-state index in [1.165, 1.54) is 24.0 Å². The Hall–Kier alpha value is -6.17. The number of phenols is 1. The number of hydrogen-bond donors (Lipinski definition) is 10. The van der Waals surface area contributed by atoms with Crippen LogP contribution in [0.2, 0.25) is 0 Å². The van der Waals surface area contributed by atoms with E-state index in [9.17, 15) is 39.0 Å². The first-order valence-electron chi connectivity index (χ1n) is 18.2. The van der Waals surface area contributed by atoms with Gasteiger partial charge < -0.3 is 58.1 Å². The van der Waals surface area contributed by atoms with Gasteiger partial charge in [0.25, 0.3) is 0 Å². The minimum absolute atomic E-state index is 0.00129. The fourth-order valence-electron chi connectivity index (χ4n) is 6.76. The van der Waals surface area contributed by atoms with Gasteiger partial charge in [-0.05, 0) is 61.9 Å². The lowest BCUT2D eigenvalue weighted by Gasteiger charge is -2.31. The first-order valence-corrected chi connectivity index (χ1v) is 18.2. The molecule has 0 spiro atoms. The van der Waals surface area contributed by atoms with Crippen LogP contribution in [0.25, 0.3) is 10.9 Å². The van der Waals surface area contributed by atoms with E-state index in [4.69, 9.17) is 11.5 Å². The van der Waals surface area contributed by atoms with Crippen molar-refractivity contribution in [1.82, 2.24) is 36.5 Å². The molecule has 6 atom stereocenters. The molecular formula is C37H48N10O8. The van der Waals surface area contributed by atoms with Gasteiger partial charge in [0.2, 0.25) is 35.4 Å². The molecule has 18 heteroatoms. The van der Waals surface area contributed by atoms with Gasteiger partial charge in [0.1, 0.15) is 42.0 Å². The number of amides is 6. The topological polar surface area (TPSA) is 286 Å². The third-order valence-corrected chi connectivity index (χ3v) is 9.71. The van der Waals surface area contributed by atoms with E-state index >= 15 is 0 Å². The fourth-order valence-corrected chi connectivity index (χ4v) is 6.76. The zero-order valence-electron chi connectivity index (χ0n) is 30.4. The van der Waals surface area contributed by atoms with Crippen LogP contribution in [-0.2, 0) is 41.6 Å². The molecule has 3 heterocycles. The number of rotatable bonds is 9. The van der Waals surface area contributed by atoms with Gasteiger partial charge in [-0.2, -0.15) is 0 Å². The number of para-hydroxylation sites is 1. The van der Waals surface area contributed by atoms with Gasteiger partial charge >= 0.3 is 0 Å². The summed E-state index contributed by atoms with van der Waals surface area (Å²) in [4.78, 5) is 91.5. The lowest BCUT2D eigenvalue weighted by Crippen LogP contribution is -2.62. The standard InChI is InChI=1S/C37H48N10O8/c1-20-31(50)46-29(19-48)34(53)44-27(17-22-18-41-25-7-3-2-6-24(22)25)33(52)43-26(8-4-14-40-37(38)39)32(51)45-28(16-21-10-12-23(49)13-11-21)36(55)47-15-5-9-30(47)35(54)42-20/h2-3,6-7,10-13,18,20,26-30,41,48-49H,4-5,8-9,14-17,19H2,1H3,(H,42,54)(H,43,52)(H,44,53)(H,45,51)(H,46,50)(H4,38,39,40)/t20-,26-,27-,28-,29-,30+/m0/s1. The van der Waals surface area contributed by atoms with Gasteiger partial charge in [0.15, 0.2) is 5.96 Å². The van der Waals surface area contributed by atoms with E-state index in [2.05, 4.69) is 36.6 Å². The molecule has 3 aromatic rings. The number of aromatic amines is 1. The molecule has 12 N–H and O–H groups in total. The zero-order chi connectivity index (χ0) is 39.6. The molecule has 6 amide bonds. The smallest absolute Gasteiger partial charge is 0.246 e. The van der Waals surface area contributed by atoms with E-state index in [1.54, 1.807) is 18.3 Å². The Morgan fingerprint density at radius 3 is 2.18 bits per heavy atom. The molecule has 2 aliphatic rings. The molecular weight excluding hydrogens is 712 g/mol. The normalized spacial score (nSPS) is 24.4. The Balaban J connectivity index is 1.53. The van der Waals surface area contributed by atoms with Gasteiger partial charge in [0.05, 0.1) is 6.61 Å². The summed E-state index contributed by atoms with van der Waals surface area (Å²) in [5.74, 6) is -4.48. The second-order valence-corrected chi connectivity index (χ2v) is 13.7. The molecule has 2 fully saturated rings. The largest absolute Gasteiger partial charge is 0.508 e. The molecule has 2 saturated heterocycles. The summed E-state index contributed by atoms with van der Waals surface area (Å²) in [6, 6.07) is 5.96. The fraction of sp³-hybridized carbons (Fsp3) is 0.432. The number of benzene rings is 2. The monoisotopic (exact) mass is 760 g/mol. The van der Waals surface area contributed by atoms with Crippen molar-refractivity contribution in [3.8, 4) is 5.75 Å². The number of hydrogen-bond acceptors (Lipinski definition) is 9. The highest BCUT2D eigenvalue weighted by Crippen LogP contribution is 2.22. The lowest BCUT2D eigenvalue weighted by molar-refractivity contribution is -0.142. The average Bonchev–Trinajstić information content (AvgIpc) is 3.82. The molecule has 0 aliphatic carbocycles. The Labute approximate surface area is 316 Å². The molecule has 0 bridgehead atoms. The summed E-state index contributed by atoms with van der Waals surface area (Å²) in [6.45, 7) is 0.880. The van der Waals surface area contributed by atoms with Gasteiger partial charge in [0, 0.05) is 43.0 Å². The number of aliphatic imine (C=N–C) groups is 1. The molecule has 294 valence electrons. The molecule has 2 aliphatic heterocycles. The summed E-state index contributed by atoms with van der Waals surface area (Å²) < 4.78 is 0. The van der Waals surface area contributed by atoms with Crippen LogP contribution >= 0.6 is 0 Å². The van der Waals surface area contributed by atoms with E-state index in [1.807, 2.05) is 24.3 Å². The van der Waals surface area contributed by atoms with Crippen molar-refractivity contribution in [1.29, 1.82) is 0 Å². The number of nitrogens with two attached hydrogens (primary N) is 2. The Bertz CT molecular complexity index is 1910. The quantitative estimate of drug-likeness (QED) is 0.0660. The van der Waals surface area contributed by atoms with Crippen molar-refractivity contribution in [2.75, 3.05) is 19.7 Å². The Morgan fingerprint density at radius 1 is 0.800 bits per heavy atom. The van der Waals surface area contributed by atoms with Crippen LogP contribution in [0.4, 0.5) is 0 Å². The molecule has 55 heavy (non-hydrogen) atoms. The highest BCUT2D eigenvalue weighted by atomic mass is 16.3. The molecule has 1 aromatic heterocycles. The number of nitrogens with one attached hydrogen (secondary N) is 6. The van der Waals surface area contributed by atoms with E-state index in [0.717, 1.165) is 10.9 Å². The number of aromatic nitrogens is 1. The number of aliphatic hydroxyl groups is 1. The van der Waals surface area contributed by atoms with Crippen molar-refractivity contribution in [3.05, 3.63) is 65.9 Å². The zero-order valence-corrected chi connectivity index (χ0v) is 30.4. The van der Waals surface area contributed by atoms with Gasteiger partial charge in [-0.25, -0.2) is 0 Å². The maximum absolute atomic E-state index is 14.3. The van der Waals surface area contributed by atoms with Crippen LogP contribution in [0.5, 0.6) is 5.75 Å². The number of carbonyl (C=O) groups is 6. The summed E-state index contributed by atoms with van der Waals surface area (Å²) in [5, 5.41) is 34.0. The molecule has 18 nitrogen and oxygen atoms in total. The molecule has 5 rings (SSSR count). The number of aromatic hydroxyl groups is 1. The highest BCUT2D eigenvalue weighted by molar-refractivity contribution is 5.98. The van der Waals surface area contributed by atoms with Gasteiger partial charge in [-0.15, -0.1) is 0 Å². The van der Waals surface area contributed by atoms with Gasteiger partial charge in [-0.1, -0.05) is 30.3 Å². The molecule has 0 unspecified atom stereocenters. The maximum atomic E-state index is 14.3. The highest BCUT2D eigenvalue weighted by Gasteiger charge is 2.40. The third-order valence-electron chi connectivity index (χ3n) is 9.71. The summed E-state index contributed by atoms with van der Waals surface area (Å²) in [6.07, 6.45) is 2.62. The van der Waals surface area contributed by atoms with E-state index in [-0.39, 0.29) is 56.9 Å². The minimum Gasteiger partial charge on any atom is -0.508 e. The molecule has 2 aromatic carbocycles. The van der Waals surface area contributed by atoms with Crippen LogP contribution < -0.4 is 38.1 Å². The van der Waals surface area contributed by atoms with Crippen LogP contribution in [0.15, 0.2) is 59.7 Å². The van der Waals surface area contributed by atoms with E-state index in [0.29, 0.717) is 17.5 Å².